The quantitative estimate of drug-likeness (QED) is 0.849. The number of nitrogens with zero attached hydrogens (tertiary/aromatic N) is 1. The standard InChI is InChI=1S/C16H25FN2/c1-13(2)16(19-9-3-4-10-19)12-18-11-14-5-7-15(17)8-6-14/h5-8,13,16,18H,3-4,9-12H2,1-2H3. The van der Waals surface area contributed by atoms with E-state index in [-0.39, 0.29) is 5.82 Å². The average Bonchev–Trinajstić information content (AvgIpc) is 2.90. The maximum absolute atomic E-state index is 12.8. The van der Waals surface area contributed by atoms with Crippen molar-refractivity contribution in [3.05, 3.63) is 35.6 Å². The number of nitrogens with one attached hydrogen (secondary N) is 1. The van der Waals surface area contributed by atoms with E-state index in [1.54, 1.807) is 0 Å². The molecule has 1 fully saturated rings. The van der Waals surface area contributed by atoms with Gasteiger partial charge in [0.15, 0.2) is 0 Å². The average molecular weight is 264 g/mol. The Morgan fingerprint density at radius 3 is 2.37 bits per heavy atom. The summed E-state index contributed by atoms with van der Waals surface area (Å²) in [5, 5.41) is 3.52. The molecule has 2 nitrogen and oxygen atoms in total. The molecule has 1 atom stereocenters. The van der Waals surface area contributed by atoms with Gasteiger partial charge in [-0.2, -0.15) is 0 Å². The molecule has 1 unspecified atom stereocenters. The van der Waals surface area contributed by atoms with Gasteiger partial charge in [-0.3, -0.25) is 4.90 Å². The van der Waals surface area contributed by atoms with Gasteiger partial charge in [-0.25, -0.2) is 4.39 Å². The van der Waals surface area contributed by atoms with Crippen LogP contribution in [-0.4, -0.2) is 30.6 Å². The van der Waals surface area contributed by atoms with Gasteiger partial charge in [-0.05, 0) is 49.5 Å². The third-order valence-electron chi connectivity index (χ3n) is 3.98. The fourth-order valence-corrected chi connectivity index (χ4v) is 2.83. The van der Waals surface area contributed by atoms with Crippen molar-refractivity contribution in [2.24, 2.45) is 5.92 Å². The third kappa shape index (κ3) is 4.29. The number of rotatable bonds is 6. The summed E-state index contributed by atoms with van der Waals surface area (Å²) in [6.45, 7) is 8.89. The van der Waals surface area contributed by atoms with E-state index in [0.717, 1.165) is 18.7 Å². The molecule has 0 spiro atoms. The Hall–Kier alpha value is -0.930. The Balaban J connectivity index is 1.80. The number of benzene rings is 1. The van der Waals surface area contributed by atoms with E-state index in [0.29, 0.717) is 12.0 Å². The summed E-state index contributed by atoms with van der Waals surface area (Å²) in [5.41, 5.74) is 1.14. The molecule has 0 aliphatic carbocycles. The van der Waals surface area contributed by atoms with E-state index in [9.17, 15) is 4.39 Å². The molecular weight excluding hydrogens is 239 g/mol. The maximum atomic E-state index is 12.8. The second-order valence-corrected chi connectivity index (χ2v) is 5.81. The Labute approximate surface area is 116 Å². The lowest BCUT2D eigenvalue weighted by Gasteiger charge is -2.31. The molecular formula is C16H25FN2. The van der Waals surface area contributed by atoms with Crippen LogP contribution in [0.3, 0.4) is 0 Å². The molecule has 0 saturated carbocycles. The van der Waals surface area contributed by atoms with E-state index in [1.165, 1.54) is 38.1 Å². The number of hydrogen-bond donors (Lipinski definition) is 1. The molecule has 0 radical (unpaired) electrons. The molecule has 0 bridgehead atoms. The summed E-state index contributed by atoms with van der Waals surface area (Å²) in [4.78, 5) is 2.60. The monoisotopic (exact) mass is 264 g/mol. The highest BCUT2D eigenvalue weighted by Gasteiger charge is 2.23. The zero-order valence-electron chi connectivity index (χ0n) is 12.0. The fourth-order valence-electron chi connectivity index (χ4n) is 2.83. The van der Waals surface area contributed by atoms with Crippen molar-refractivity contribution in [3.63, 3.8) is 0 Å². The van der Waals surface area contributed by atoms with Gasteiger partial charge in [0.1, 0.15) is 5.82 Å². The van der Waals surface area contributed by atoms with E-state index in [4.69, 9.17) is 0 Å². The van der Waals surface area contributed by atoms with Gasteiger partial charge >= 0.3 is 0 Å². The molecule has 1 aliphatic rings. The SMILES string of the molecule is CC(C)C(CNCc1ccc(F)cc1)N1CCCC1. The molecule has 1 aliphatic heterocycles. The lowest BCUT2D eigenvalue weighted by Crippen LogP contribution is -2.44. The van der Waals surface area contributed by atoms with Crippen molar-refractivity contribution in [2.45, 2.75) is 39.3 Å². The summed E-state index contributed by atoms with van der Waals surface area (Å²) in [5.74, 6) is 0.500. The van der Waals surface area contributed by atoms with Crippen molar-refractivity contribution >= 4 is 0 Å². The zero-order chi connectivity index (χ0) is 13.7. The largest absolute Gasteiger partial charge is 0.311 e. The molecule has 19 heavy (non-hydrogen) atoms. The molecule has 106 valence electrons. The predicted octanol–water partition coefficient (Wildman–Crippen LogP) is 3.04. The molecule has 1 heterocycles. The summed E-state index contributed by atoms with van der Waals surface area (Å²) < 4.78 is 12.8. The lowest BCUT2D eigenvalue weighted by atomic mass is 10.0. The van der Waals surface area contributed by atoms with Crippen LogP contribution in [0.1, 0.15) is 32.3 Å². The summed E-state index contributed by atoms with van der Waals surface area (Å²) in [6, 6.07) is 7.36. The first-order valence-corrected chi connectivity index (χ1v) is 7.36. The van der Waals surface area contributed by atoms with Gasteiger partial charge in [0.25, 0.3) is 0 Å². The van der Waals surface area contributed by atoms with Crippen LogP contribution in [0.2, 0.25) is 0 Å². The Morgan fingerprint density at radius 2 is 1.79 bits per heavy atom. The van der Waals surface area contributed by atoms with Crippen LogP contribution >= 0.6 is 0 Å². The van der Waals surface area contributed by atoms with Gasteiger partial charge < -0.3 is 5.32 Å². The smallest absolute Gasteiger partial charge is 0.123 e. The van der Waals surface area contributed by atoms with Crippen molar-refractivity contribution in [2.75, 3.05) is 19.6 Å². The molecule has 0 aromatic heterocycles. The number of hydrogen-bond acceptors (Lipinski definition) is 2. The third-order valence-corrected chi connectivity index (χ3v) is 3.98. The van der Waals surface area contributed by atoms with Crippen molar-refractivity contribution in [3.8, 4) is 0 Å². The zero-order valence-corrected chi connectivity index (χ0v) is 12.0. The second kappa shape index (κ2) is 7.01. The van der Waals surface area contributed by atoms with Crippen LogP contribution in [-0.2, 0) is 6.54 Å². The Kier molecular flexibility index (Phi) is 5.34. The van der Waals surface area contributed by atoms with Crippen molar-refractivity contribution in [1.29, 1.82) is 0 Å². The van der Waals surface area contributed by atoms with Gasteiger partial charge in [0.05, 0.1) is 0 Å². The molecule has 1 N–H and O–H groups in total. The normalized spacial score (nSPS) is 18.1. The van der Waals surface area contributed by atoms with Crippen molar-refractivity contribution < 1.29 is 4.39 Å². The summed E-state index contributed by atoms with van der Waals surface area (Å²) >= 11 is 0. The molecule has 1 saturated heterocycles. The van der Waals surface area contributed by atoms with Crippen LogP contribution in [0.5, 0.6) is 0 Å². The van der Waals surface area contributed by atoms with Gasteiger partial charge in [0, 0.05) is 19.1 Å². The van der Waals surface area contributed by atoms with Crippen LogP contribution in [0.4, 0.5) is 4.39 Å². The van der Waals surface area contributed by atoms with Gasteiger partial charge in [0.2, 0.25) is 0 Å². The highest BCUT2D eigenvalue weighted by molar-refractivity contribution is 5.15. The molecule has 1 aromatic carbocycles. The first-order valence-electron chi connectivity index (χ1n) is 7.36. The van der Waals surface area contributed by atoms with Crippen LogP contribution in [0.15, 0.2) is 24.3 Å². The summed E-state index contributed by atoms with van der Waals surface area (Å²) in [7, 11) is 0. The predicted molar refractivity (Wildman–Crippen MR) is 77.5 cm³/mol. The lowest BCUT2D eigenvalue weighted by molar-refractivity contribution is 0.186. The van der Waals surface area contributed by atoms with Gasteiger partial charge in [-0.15, -0.1) is 0 Å². The molecule has 3 heteroatoms. The first-order chi connectivity index (χ1) is 9.16. The minimum absolute atomic E-state index is 0.166. The van der Waals surface area contributed by atoms with E-state index in [2.05, 4.69) is 24.1 Å². The Morgan fingerprint density at radius 1 is 1.16 bits per heavy atom. The Bertz CT molecular complexity index is 369. The van der Waals surface area contributed by atoms with E-state index >= 15 is 0 Å². The molecule has 2 rings (SSSR count). The molecule has 0 amide bonds. The van der Waals surface area contributed by atoms with E-state index < -0.39 is 0 Å². The van der Waals surface area contributed by atoms with E-state index in [1.807, 2.05) is 12.1 Å². The highest BCUT2D eigenvalue weighted by atomic mass is 19.1. The minimum Gasteiger partial charge on any atom is -0.311 e. The minimum atomic E-state index is -0.166. The fraction of sp³-hybridized carbons (Fsp3) is 0.625. The van der Waals surface area contributed by atoms with Gasteiger partial charge in [-0.1, -0.05) is 26.0 Å². The van der Waals surface area contributed by atoms with Crippen molar-refractivity contribution in [1.82, 2.24) is 10.2 Å². The topological polar surface area (TPSA) is 15.3 Å². The number of likely N-dealkylation sites (tertiary alicyclic amines) is 1. The highest BCUT2D eigenvalue weighted by Crippen LogP contribution is 2.17. The second-order valence-electron chi connectivity index (χ2n) is 5.81. The van der Waals surface area contributed by atoms with Crippen LogP contribution in [0, 0.1) is 11.7 Å². The summed E-state index contributed by atoms with van der Waals surface area (Å²) in [6.07, 6.45) is 2.67. The van der Waals surface area contributed by atoms with Crippen LogP contribution in [0.25, 0.3) is 0 Å². The number of halogens is 1. The first kappa shape index (κ1) is 14.5. The molecule has 1 aromatic rings. The maximum Gasteiger partial charge on any atom is 0.123 e. The van der Waals surface area contributed by atoms with Crippen LogP contribution < -0.4 is 5.32 Å².